The molecule has 1 rings (SSSR count). The normalized spacial score (nSPS) is 12.4. The van der Waals surface area contributed by atoms with Crippen LogP contribution < -0.4 is 5.73 Å². The minimum Gasteiger partial charge on any atom is -0.324 e. The van der Waals surface area contributed by atoms with Crippen LogP contribution in [0.4, 0.5) is 0 Å². The van der Waals surface area contributed by atoms with Crippen molar-refractivity contribution in [1.82, 2.24) is 4.90 Å². The van der Waals surface area contributed by atoms with Crippen LogP contribution in [0.15, 0.2) is 15.9 Å². The molecule has 0 fully saturated rings. The smallest absolute Gasteiger partial charge is 0.0285 e. The lowest BCUT2D eigenvalue weighted by molar-refractivity contribution is 0.273. The van der Waals surface area contributed by atoms with Gasteiger partial charge in [0.15, 0.2) is 0 Å². The van der Waals surface area contributed by atoms with Crippen molar-refractivity contribution in [3.05, 3.63) is 20.8 Å². The number of hydrogen-bond donors (Lipinski definition) is 1. The highest BCUT2D eigenvalue weighted by Crippen LogP contribution is 2.20. The third kappa shape index (κ3) is 5.66. The Morgan fingerprint density at radius 1 is 1.53 bits per heavy atom. The highest BCUT2D eigenvalue weighted by molar-refractivity contribution is 9.10. The van der Waals surface area contributed by atoms with Crippen LogP contribution in [0.1, 0.15) is 18.7 Å². The minimum atomic E-state index is -0.106. The van der Waals surface area contributed by atoms with E-state index in [9.17, 15) is 0 Å². The fourth-order valence-corrected chi connectivity index (χ4v) is 3.01. The number of likely N-dealkylation sites (N-methyl/N-ethyl adjacent to an activating group) is 1. The Morgan fingerprint density at radius 2 is 2.20 bits per heavy atom. The molecule has 0 radical (unpaired) electrons. The SMILES string of the molecule is CN(CCc1cc(Br)cs1)CC(C)(C)N. The van der Waals surface area contributed by atoms with Crippen LogP contribution >= 0.6 is 27.3 Å². The van der Waals surface area contributed by atoms with Gasteiger partial charge in [-0.1, -0.05) is 0 Å². The van der Waals surface area contributed by atoms with Gasteiger partial charge in [-0.25, -0.2) is 0 Å². The highest BCUT2D eigenvalue weighted by Gasteiger charge is 2.13. The van der Waals surface area contributed by atoms with E-state index in [2.05, 4.69) is 53.2 Å². The molecule has 0 aliphatic rings. The number of hydrogen-bond acceptors (Lipinski definition) is 3. The van der Waals surface area contributed by atoms with Crippen LogP contribution in [0, 0.1) is 0 Å². The maximum Gasteiger partial charge on any atom is 0.0285 e. The maximum absolute atomic E-state index is 5.96. The standard InChI is InChI=1S/C11H19BrN2S/c1-11(2,13)8-14(3)5-4-10-6-9(12)7-15-10/h6-7H,4-5,8,13H2,1-3H3. The molecule has 15 heavy (non-hydrogen) atoms. The van der Waals surface area contributed by atoms with E-state index in [1.54, 1.807) is 11.3 Å². The number of halogens is 1. The summed E-state index contributed by atoms with van der Waals surface area (Å²) in [5.74, 6) is 0. The van der Waals surface area contributed by atoms with Gasteiger partial charge in [-0.2, -0.15) is 0 Å². The number of thiophene rings is 1. The van der Waals surface area contributed by atoms with Gasteiger partial charge in [-0.3, -0.25) is 0 Å². The van der Waals surface area contributed by atoms with E-state index in [-0.39, 0.29) is 5.54 Å². The minimum absolute atomic E-state index is 0.106. The third-order valence-corrected chi connectivity index (χ3v) is 3.80. The average Bonchev–Trinajstić information content (AvgIpc) is 2.45. The third-order valence-electron chi connectivity index (χ3n) is 2.04. The summed E-state index contributed by atoms with van der Waals surface area (Å²) >= 11 is 5.27. The molecular formula is C11H19BrN2S. The van der Waals surface area contributed by atoms with Crippen molar-refractivity contribution in [1.29, 1.82) is 0 Å². The van der Waals surface area contributed by atoms with E-state index in [1.165, 1.54) is 9.35 Å². The number of nitrogens with two attached hydrogens (primary N) is 1. The van der Waals surface area contributed by atoms with Gasteiger partial charge in [-0.15, -0.1) is 11.3 Å². The van der Waals surface area contributed by atoms with Crippen molar-refractivity contribution in [3.8, 4) is 0 Å². The van der Waals surface area contributed by atoms with Gasteiger partial charge >= 0.3 is 0 Å². The Hall–Kier alpha value is 0.1000. The van der Waals surface area contributed by atoms with Gasteiger partial charge in [-0.05, 0) is 49.3 Å². The van der Waals surface area contributed by atoms with E-state index >= 15 is 0 Å². The van der Waals surface area contributed by atoms with Crippen molar-refractivity contribution in [2.75, 3.05) is 20.1 Å². The molecule has 1 aromatic heterocycles. The van der Waals surface area contributed by atoms with Gasteiger partial charge in [0.1, 0.15) is 0 Å². The highest BCUT2D eigenvalue weighted by atomic mass is 79.9. The van der Waals surface area contributed by atoms with Gasteiger partial charge in [0.2, 0.25) is 0 Å². The molecule has 1 heterocycles. The average molecular weight is 291 g/mol. The van der Waals surface area contributed by atoms with Gasteiger partial charge < -0.3 is 10.6 Å². The molecule has 0 aliphatic heterocycles. The molecule has 0 saturated carbocycles. The Bertz CT molecular complexity index is 304. The molecule has 0 bridgehead atoms. The fraction of sp³-hybridized carbons (Fsp3) is 0.636. The van der Waals surface area contributed by atoms with Crippen LogP contribution in [0.2, 0.25) is 0 Å². The molecule has 0 aliphatic carbocycles. The quantitative estimate of drug-likeness (QED) is 0.904. The lowest BCUT2D eigenvalue weighted by atomic mass is 10.1. The molecule has 2 N–H and O–H groups in total. The molecule has 0 saturated heterocycles. The summed E-state index contributed by atoms with van der Waals surface area (Å²) in [5, 5.41) is 2.13. The summed E-state index contributed by atoms with van der Waals surface area (Å²) in [6.45, 7) is 6.11. The van der Waals surface area contributed by atoms with E-state index in [4.69, 9.17) is 5.73 Å². The van der Waals surface area contributed by atoms with Crippen molar-refractivity contribution in [3.63, 3.8) is 0 Å². The molecule has 2 nitrogen and oxygen atoms in total. The topological polar surface area (TPSA) is 29.3 Å². The van der Waals surface area contributed by atoms with Gasteiger partial charge in [0, 0.05) is 33.4 Å². The van der Waals surface area contributed by atoms with Crippen molar-refractivity contribution >= 4 is 27.3 Å². The summed E-state index contributed by atoms with van der Waals surface area (Å²) in [7, 11) is 2.12. The fourth-order valence-electron chi connectivity index (χ4n) is 1.56. The van der Waals surface area contributed by atoms with Crippen LogP contribution in [0.3, 0.4) is 0 Å². The van der Waals surface area contributed by atoms with Crippen molar-refractivity contribution in [2.24, 2.45) is 5.73 Å². The molecule has 0 aromatic carbocycles. The molecular weight excluding hydrogens is 272 g/mol. The Kier molecular flexibility index (Phi) is 4.77. The lowest BCUT2D eigenvalue weighted by Crippen LogP contribution is -2.44. The first kappa shape index (κ1) is 13.2. The summed E-state index contributed by atoms with van der Waals surface area (Å²) in [5.41, 5.74) is 5.86. The summed E-state index contributed by atoms with van der Waals surface area (Å²) < 4.78 is 1.18. The molecule has 0 atom stereocenters. The van der Waals surface area contributed by atoms with Crippen LogP contribution in [-0.4, -0.2) is 30.6 Å². The first-order valence-electron chi connectivity index (χ1n) is 5.07. The molecule has 0 spiro atoms. The van der Waals surface area contributed by atoms with E-state index in [0.29, 0.717) is 0 Å². The maximum atomic E-state index is 5.96. The molecule has 0 amide bonds. The molecule has 1 aromatic rings. The monoisotopic (exact) mass is 290 g/mol. The summed E-state index contributed by atoms with van der Waals surface area (Å²) in [6, 6.07) is 2.19. The predicted octanol–water partition coefficient (Wildman–Crippen LogP) is 2.72. The second-order valence-electron chi connectivity index (χ2n) is 4.71. The van der Waals surface area contributed by atoms with Gasteiger partial charge in [0.05, 0.1) is 0 Å². The predicted molar refractivity (Wildman–Crippen MR) is 71.5 cm³/mol. The van der Waals surface area contributed by atoms with E-state index < -0.39 is 0 Å². The second kappa shape index (κ2) is 5.43. The van der Waals surface area contributed by atoms with Crippen LogP contribution in [0.5, 0.6) is 0 Å². The van der Waals surface area contributed by atoms with Gasteiger partial charge in [0.25, 0.3) is 0 Å². The summed E-state index contributed by atoms with van der Waals surface area (Å²) in [6.07, 6.45) is 1.10. The second-order valence-corrected chi connectivity index (χ2v) is 6.62. The summed E-state index contributed by atoms with van der Waals surface area (Å²) in [4.78, 5) is 3.71. The molecule has 4 heteroatoms. The van der Waals surface area contributed by atoms with E-state index in [0.717, 1.165) is 19.5 Å². The zero-order valence-electron chi connectivity index (χ0n) is 9.59. The Labute approximate surface area is 105 Å². The van der Waals surface area contributed by atoms with E-state index in [1.807, 2.05) is 0 Å². The Morgan fingerprint density at radius 3 is 2.67 bits per heavy atom. The zero-order valence-corrected chi connectivity index (χ0v) is 12.0. The van der Waals surface area contributed by atoms with Crippen molar-refractivity contribution < 1.29 is 0 Å². The largest absolute Gasteiger partial charge is 0.324 e. The van der Waals surface area contributed by atoms with Crippen LogP contribution in [0.25, 0.3) is 0 Å². The first-order valence-corrected chi connectivity index (χ1v) is 6.74. The number of rotatable bonds is 5. The van der Waals surface area contributed by atoms with Crippen LogP contribution in [-0.2, 0) is 6.42 Å². The molecule has 86 valence electrons. The Balaban J connectivity index is 2.31. The molecule has 0 unspecified atom stereocenters. The zero-order chi connectivity index (χ0) is 11.5. The number of nitrogens with zero attached hydrogens (tertiary/aromatic N) is 1. The first-order chi connectivity index (χ1) is 6.87. The lowest BCUT2D eigenvalue weighted by Gasteiger charge is -2.26. The van der Waals surface area contributed by atoms with Crippen molar-refractivity contribution in [2.45, 2.75) is 25.8 Å².